The van der Waals surface area contributed by atoms with Crippen LogP contribution in [0.5, 0.6) is 5.75 Å². The Balaban J connectivity index is 1.41. The average molecular weight is 328 g/mol. The smallest absolute Gasteiger partial charge is 0.226 e. The van der Waals surface area contributed by atoms with E-state index < -0.39 is 0 Å². The Labute approximate surface area is 142 Å². The van der Waals surface area contributed by atoms with Crippen molar-refractivity contribution in [1.82, 2.24) is 19.8 Å². The third-order valence-corrected chi connectivity index (χ3v) is 4.20. The molecule has 1 amide bonds. The minimum absolute atomic E-state index is 0.172. The fourth-order valence-electron chi connectivity index (χ4n) is 2.91. The molecular weight excluding hydrogens is 304 g/mol. The van der Waals surface area contributed by atoms with E-state index in [2.05, 4.69) is 14.9 Å². The molecule has 0 spiro atoms. The molecule has 1 aliphatic heterocycles. The molecule has 6 nitrogen and oxygen atoms in total. The van der Waals surface area contributed by atoms with Crippen molar-refractivity contribution in [2.45, 2.75) is 19.4 Å². The first-order chi connectivity index (χ1) is 11.8. The maximum atomic E-state index is 12.4. The first kappa shape index (κ1) is 16.5. The molecular formula is C18H24N4O2. The van der Waals surface area contributed by atoms with E-state index in [1.807, 2.05) is 41.4 Å². The number of aromatic amines is 1. The Hall–Kier alpha value is -2.34. The molecule has 1 aromatic carbocycles. The number of para-hydroxylation sites is 1. The van der Waals surface area contributed by atoms with E-state index in [4.69, 9.17) is 4.74 Å². The molecule has 1 saturated heterocycles. The number of carbonyl (C=O) groups is 1. The van der Waals surface area contributed by atoms with Crippen LogP contribution in [-0.2, 0) is 11.3 Å². The first-order valence-electron chi connectivity index (χ1n) is 8.47. The van der Waals surface area contributed by atoms with Gasteiger partial charge in [-0.1, -0.05) is 18.2 Å². The van der Waals surface area contributed by atoms with Gasteiger partial charge in [0, 0.05) is 38.6 Å². The summed E-state index contributed by atoms with van der Waals surface area (Å²) >= 11 is 0. The number of hydrogen-bond donors (Lipinski definition) is 1. The quantitative estimate of drug-likeness (QED) is 0.880. The largest absolute Gasteiger partial charge is 0.493 e. The van der Waals surface area contributed by atoms with Crippen molar-refractivity contribution < 1.29 is 9.53 Å². The zero-order valence-electron chi connectivity index (χ0n) is 13.9. The van der Waals surface area contributed by atoms with Gasteiger partial charge in [0.15, 0.2) is 0 Å². The van der Waals surface area contributed by atoms with Crippen LogP contribution < -0.4 is 4.74 Å². The van der Waals surface area contributed by atoms with Gasteiger partial charge in [-0.3, -0.25) is 9.69 Å². The molecule has 24 heavy (non-hydrogen) atoms. The molecule has 0 saturated carbocycles. The number of aromatic nitrogens is 2. The fourth-order valence-corrected chi connectivity index (χ4v) is 2.91. The first-order valence-corrected chi connectivity index (χ1v) is 8.47. The van der Waals surface area contributed by atoms with E-state index in [0.29, 0.717) is 13.0 Å². The molecule has 1 aliphatic rings. The van der Waals surface area contributed by atoms with E-state index in [0.717, 1.165) is 50.7 Å². The topological polar surface area (TPSA) is 61.5 Å². The Morgan fingerprint density at radius 3 is 2.83 bits per heavy atom. The van der Waals surface area contributed by atoms with Crippen LogP contribution in [-0.4, -0.2) is 58.5 Å². The number of rotatable bonds is 6. The van der Waals surface area contributed by atoms with Crippen LogP contribution in [0.1, 0.15) is 18.7 Å². The summed E-state index contributed by atoms with van der Waals surface area (Å²) in [7, 11) is 0. The second-order valence-electron chi connectivity index (χ2n) is 5.96. The lowest BCUT2D eigenvalue weighted by Crippen LogP contribution is -2.35. The number of hydrogen-bond acceptors (Lipinski definition) is 4. The maximum absolute atomic E-state index is 12.4. The monoisotopic (exact) mass is 328 g/mol. The molecule has 1 fully saturated rings. The molecule has 6 heteroatoms. The van der Waals surface area contributed by atoms with Gasteiger partial charge in [0.2, 0.25) is 5.91 Å². The molecule has 0 aliphatic carbocycles. The van der Waals surface area contributed by atoms with Crippen LogP contribution in [0, 0.1) is 0 Å². The van der Waals surface area contributed by atoms with Gasteiger partial charge in [-0.25, -0.2) is 4.98 Å². The lowest BCUT2D eigenvalue weighted by atomic mass is 10.3. The van der Waals surface area contributed by atoms with Crippen molar-refractivity contribution in [3.8, 4) is 5.75 Å². The van der Waals surface area contributed by atoms with Crippen molar-refractivity contribution in [2.75, 3.05) is 32.8 Å². The predicted octanol–water partition coefficient (Wildman–Crippen LogP) is 1.91. The lowest BCUT2D eigenvalue weighted by Gasteiger charge is -2.21. The highest BCUT2D eigenvalue weighted by atomic mass is 16.5. The highest BCUT2D eigenvalue weighted by molar-refractivity contribution is 5.76. The number of nitrogens with one attached hydrogen (secondary N) is 1. The summed E-state index contributed by atoms with van der Waals surface area (Å²) in [5.74, 6) is 1.96. The van der Waals surface area contributed by atoms with E-state index in [-0.39, 0.29) is 5.91 Å². The summed E-state index contributed by atoms with van der Waals surface area (Å²) < 4.78 is 5.62. The van der Waals surface area contributed by atoms with E-state index in [9.17, 15) is 4.79 Å². The van der Waals surface area contributed by atoms with Gasteiger partial charge in [-0.15, -0.1) is 0 Å². The number of amides is 1. The zero-order chi connectivity index (χ0) is 16.6. The second-order valence-corrected chi connectivity index (χ2v) is 5.96. The summed E-state index contributed by atoms with van der Waals surface area (Å²) in [6, 6.07) is 9.62. The molecule has 0 unspecified atom stereocenters. The molecule has 2 aromatic rings. The minimum Gasteiger partial charge on any atom is -0.493 e. The molecule has 128 valence electrons. The van der Waals surface area contributed by atoms with Gasteiger partial charge in [0.1, 0.15) is 11.6 Å². The molecule has 2 heterocycles. The Morgan fingerprint density at radius 1 is 1.17 bits per heavy atom. The van der Waals surface area contributed by atoms with E-state index >= 15 is 0 Å². The predicted molar refractivity (Wildman–Crippen MR) is 91.6 cm³/mol. The van der Waals surface area contributed by atoms with Crippen molar-refractivity contribution in [2.24, 2.45) is 0 Å². The summed E-state index contributed by atoms with van der Waals surface area (Å²) in [5.41, 5.74) is 0. The molecule has 0 radical (unpaired) electrons. The third kappa shape index (κ3) is 4.83. The van der Waals surface area contributed by atoms with Crippen molar-refractivity contribution >= 4 is 5.91 Å². The second kappa shape index (κ2) is 8.49. The van der Waals surface area contributed by atoms with Crippen molar-refractivity contribution in [3.63, 3.8) is 0 Å². The summed E-state index contributed by atoms with van der Waals surface area (Å²) in [5, 5.41) is 0. The number of H-pyrrole nitrogens is 1. The zero-order valence-corrected chi connectivity index (χ0v) is 13.9. The Morgan fingerprint density at radius 2 is 2.04 bits per heavy atom. The van der Waals surface area contributed by atoms with Crippen LogP contribution in [0.4, 0.5) is 0 Å². The Kier molecular flexibility index (Phi) is 5.85. The van der Waals surface area contributed by atoms with Crippen LogP contribution >= 0.6 is 0 Å². The molecule has 0 atom stereocenters. The SMILES string of the molecule is O=C(CCOc1ccccc1)N1CCCN(Cc2ncc[nH]2)CC1. The number of nitrogens with zero attached hydrogens (tertiary/aromatic N) is 3. The van der Waals surface area contributed by atoms with E-state index in [1.165, 1.54) is 0 Å². The Bertz CT molecular complexity index is 615. The van der Waals surface area contributed by atoms with Crippen LogP contribution in [0.3, 0.4) is 0 Å². The molecule has 1 N–H and O–H groups in total. The molecule has 1 aromatic heterocycles. The summed E-state index contributed by atoms with van der Waals surface area (Å²) in [4.78, 5) is 24.1. The van der Waals surface area contributed by atoms with Crippen LogP contribution in [0.2, 0.25) is 0 Å². The minimum atomic E-state index is 0.172. The number of ether oxygens (including phenoxy) is 1. The normalized spacial score (nSPS) is 15.9. The highest BCUT2D eigenvalue weighted by Gasteiger charge is 2.19. The average Bonchev–Trinajstić information content (AvgIpc) is 3.00. The summed E-state index contributed by atoms with van der Waals surface area (Å²) in [6.45, 7) is 4.70. The molecule has 3 rings (SSSR count). The number of imidazole rings is 1. The van der Waals surface area contributed by atoms with Gasteiger partial charge in [-0.05, 0) is 18.6 Å². The summed E-state index contributed by atoms with van der Waals surface area (Å²) in [6.07, 6.45) is 5.03. The van der Waals surface area contributed by atoms with E-state index in [1.54, 1.807) is 6.20 Å². The third-order valence-electron chi connectivity index (χ3n) is 4.20. The maximum Gasteiger partial charge on any atom is 0.226 e. The van der Waals surface area contributed by atoms with Gasteiger partial charge in [0.05, 0.1) is 19.6 Å². The standard InChI is InChI=1S/C18H24N4O2/c23-18(7-14-24-16-5-2-1-3-6-16)22-11-4-10-21(12-13-22)15-17-19-8-9-20-17/h1-3,5-6,8-9H,4,7,10-15H2,(H,19,20). The van der Waals surface area contributed by atoms with Gasteiger partial charge in [0.25, 0.3) is 0 Å². The highest BCUT2D eigenvalue weighted by Crippen LogP contribution is 2.10. The lowest BCUT2D eigenvalue weighted by molar-refractivity contribution is -0.131. The van der Waals surface area contributed by atoms with Crippen LogP contribution in [0.15, 0.2) is 42.7 Å². The number of benzene rings is 1. The fraction of sp³-hybridized carbons (Fsp3) is 0.444. The van der Waals surface area contributed by atoms with Crippen molar-refractivity contribution in [3.05, 3.63) is 48.5 Å². The van der Waals surface area contributed by atoms with Gasteiger partial charge < -0.3 is 14.6 Å². The van der Waals surface area contributed by atoms with Crippen molar-refractivity contribution in [1.29, 1.82) is 0 Å². The van der Waals surface area contributed by atoms with Gasteiger partial charge >= 0.3 is 0 Å². The van der Waals surface area contributed by atoms with Gasteiger partial charge in [-0.2, -0.15) is 0 Å². The number of carbonyl (C=O) groups excluding carboxylic acids is 1. The van der Waals surface area contributed by atoms with Crippen LogP contribution in [0.25, 0.3) is 0 Å². The molecule has 0 bridgehead atoms.